The summed E-state index contributed by atoms with van der Waals surface area (Å²) in [4.78, 5) is 23.0. The minimum atomic E-state index is -5.29. The third-order valence-corrected chi connectivity index (χ3v) is 16.2. The summed E-state index contributed by atoms with van der Waals surface area (Å²) < 4.78 is 69.9. The van der Waals surface area contributed by atoms with Crippen LogP contribution >= 0.6 is 14.3 Å². The number of carbonyl (C=O) groups excluding carboxylic acids is 1. The molecule has 0 saturated carbocycles. The maximum absolute atomic E-state index is 13.8. The summed E-state index contributed by atoms with van der Waals surface area (Å²) in [5, 5.41) is 14.9. The van der Waals surface area contributed by atoms with E-state index >= 15 is 0 Å². The summed E-state index contributed by atoms with van der Waals surface area (Å²) in [5.74, 6) is -3.48. The van der Waals surface area contributed by atoms with Gasteiger partial charge in [-0.1, -0.05) is 207 Å². The molecule has 0 fully saturated rings. The molecule has 0 bridgehead atoms. The van der Waals surface area contributed by atoms with Gasteiger partial charge < -0.3 is 18.7 Å². The number of ketones is 1. The molecular weight excluding hydrogens is 991 g/mol. The van der Waals surface area contributed by atoms with Gasteiger partial charge in [-0.25, -0.2) is 4.79 Å². The molecule has 64 heavy (non-hydrogen) atoms. The average molecular weight is 1030 g/mol. The first kappa shape index (κ1) is 49.5. The van der Waals surface area contributed by atoms with Crippen LogP contribution in [0, 0.1) is 49.4 Å². The van der Waals surface area contributed by atoms with Gasteiger partial charge in [0.25, 0.3) is 5.78 Å². The van der Waals surface area contributed by atoms with Crippen LogP contribution in [0.25, 0.3) is 22.1 Å². The molecule has 0 unspecified atom stereocenters. The summed E-state index contributed by atoms with van der Waals surface area (Å²) in [6, 6.07) is 61.6. The second-order valence-electron chi connectivity index (χ2n) is 13.8. The van der Waals surface area contributed by atoms with Crippen molar-refractivity contribution in [2.24, 2.45) is 0 Å². The van der Waals surface area contributed by atoms with Gasteiger partial charge in [-0.2, -0.15) is 13.2 Å². The van der Waals surface area contributed by atoms with Crippen LogP contribution in [-0.4, -0.2) is 17.1 Å². The molecule has 1 radical (unpaired) electrons. The summed E-state index contributed by atoms with van der Waals surface area (Å²) in [6.45, 7) is 5.71. The van der Waals surface area contributed by atoms with Crippen LogP contribution in [0.15, 0.2) is 233 Å². The monoisotopic (exact) mass is 1030 g/mol. The van der Waals surface area contributed by atoms with Gasteiger partial charge >= 0.3 is 11.8 Å². The Morgan fingerprint density at radius 2 is 0.969 bits per heavy atom. The van der Waals surface area contributed by atoms with Gasteiger partial charge in [0.2, 0.25) is 0 Å². The van der Waals surface area contributed by atoms with Crippen molar-refractivity contribution in [3.05, 3.63) is 240 Å². The van der Waals surface area contributed by atoms with Gasteiger partial charge in [-0.3, -0.25) is 4.79 Å². The molecule has 8 aromatic rings. The number of rotatable bonds is 9. The molecule has 7 aromatic carbocycles. The van der Waals surface area contributed by atoms with E-state index in [0.29, 0.717) is 5.56 Å². The van der Waals surface area contributed by atoms with E-state index in [0.717, 1.165) is 37.4 Å². The van der Waals surface area contributed by atoms with Crippen molar-refractivity contribution in [2.75, 3.05) is 0 Å². The second kappa shape index (κ2) is 22.4. The van der Waals surface area contributed by atoms with Crippen LogP contribution in [0.4, 0.5) is 13.2 Å². The van der Waals surface area contributed by atoms with E-state index in [1.807, 2.05) is 171 Å². The molecule has 323 valence electrons. The topological polar surface area (TPSA) is 102 Å². The van der Waals surface area contributed by atoms with Crippen molar-refractivity contribution < 1.29 is 86.0 Å². The Labute approximate surface area is 410 Å². The normalized spacial score (nSPS) is 11.5. The molecule has 1 aromatic heterocycles. The smallest absolute Gasteiger partial charge is 0.455 e. The SMILES string of the molecule is C=C/C(=C\C)P(=O)(c1ccccc1)c1ccccc1.O=C(c1c(O)c2ccc(-c3ccccc3)cc2oc1=O)C(F)(F)F.O=P(c1ccccc1)(c1ccccc1)c1ccccc1.[Eu]. The molecule has 0 atom stereocenters. The van der Waals surface area contributed by atoms with E-state index in [9.17, 15) is 37.0 Å². The number of allylic oxidation sites excluding steroid dienone is 3. The summed E-state index contributed by atoms with van der Waals surface area (Å²) in [6.07, 6.45) is -1.71. The average Bonchev–Trinajstić information content (AvgIpc) is 3.33. The van der Waals surface area contributed by atoms with Crippen LogP contribution in [0.5, 0.6) is 5.75 Å². The van der Waals surface area contributed by atoms with Gasteiger partial charge in [0.05, 0.1) is 5.39 Å². The quantitative estimate of drug-likeness (QED) is 0.0669. The zero-order chi connectivity index (χ0) is 45.0. The number of alkyl halides is 3. The molecule has 1 N–H and O–H groups in total. The predicted molar refractivity (Wildman–Crippen MR) is 250 cm³/mol. The van der Waals surface area contributed by atoms with Gasteiger partial charge in [0.15, 0.2) is 19.8 Å². The first-order valence-electron chi connectivity index (χ1n) is 19.6. The largest absolute Gasteiger partial charge is 0.506 e. The Morgan fingerprint density at radius 3 is 1.33 bits per heavy atom. The zero-order valence-corrected chi connectivity index (χ0v) is 38.5. The van der Waals surface area contributed by atoms with Crippen LogP contribution < -0.4 is 32.1 Å². The fraction of sp³-hybridized carbons (Fsp3) is 0.0385. The van der Waals surface area contributed by atoms with Crippen molar-refractivity contribution in [3.63, 3.8) is 0 Å². The van der Waals surface area contributed by atoms with Crippen molar-refractivity contribution in [1.82, 2.24) is 0 Å². The summed E-state index contributed by atoms with van der Waals surface area (Å²) in [7, 11) is -5.57. The van der Waals surface area contributed by atoms with Crippen LogP contribution in [0.3, 0.4) is 0 Å². The van der Waals surface area contributed by atoms with Crippen molar-refractivity contribution in [2.45, 2.75) is 13.1 Å². The van der Waals surface area contributed by atoms with Crippen LogP contribution in [-0.2, 0) is 9.13 Å². The van der Waals surface area contributed by atoms with Gasteiger partial charge in [-0.15, -0.1) is 0 Å². The summed E-state index contributed by atoms with van der Waals surface area (Å²) >= 11 is 0. The van der Waals surface area contributed by atoms with Gasteiger partial charge in [0, 0.05) is 81.2 Å². The molecule has 0 spiro atoms. The predicted octanol–water partition coefficient (Wildman–Crippen LogP) is 11.3. The van der Waals surface area contributed by atoms with E-state index in [4.69, 9.17) is 4.42 Å². The van der Waals surface area contributed by atoms with Crippen molar-refractivity contribution in [3.8, 4) is 16.9 Å². The van der Waals surface area contributed by atoms with E-state index < -0.39 is 43.2 Å². The number of aromatic hydroxyl groups is 1. The summed E-state index contributed by atoms with van der Waals surface area (Å²) in [5.41, 5.74) is -1.63. The third-order valence-electron chi connectivity index (χ3n) is 9.94. The fourth-order valence-corrected chi connectivity index (χ4v) is 12.2. The number of carbonyl (C=O) groups is 1. The number of hydrogen-bond donors (Lipinski definition) is 1. The molecule has 0 aliphatic heterocycles. The Hall–Kier alpha value is -5.47. The van der Waals surface area contributed by atoms with E-state index in [1.165, 1.54) is 12.1 Å². The Bertz CT molecular complexity index is 2850. The maximum Gasteiger partial charge on any atom is 0.455 e. The standard InChI is InChI=1S/C18H15OP.C17H9F3O4.C17H17OP.Eu/c19-20(16-10-4-1-5-11-16,17-12-6-2-7-13-17)18-14-8-3-9-15-18;18-17(19,20)15(22)13-14(21)11-7-6-10(8-12(11)24-16(13)23)9-4-2-1-3-5-9;1-3-15(4-2)19(18,16-11-7-5-8-12-16)17-13-9-6-10-14-17;/h1-15H;1-8,21H;3-14H,1H2,2H3;/b;;15-4+;. The minimum absolute atomic E-state index is 0. The van der Waals surface area contributed by atoms with Crippen molar-refractivity contribution >= 4 is 57.6 Å². The maximum atomic E-state index is 13.8. The minimum Gasteiger partial charge on any atom is -0.506 e. The Morgan fingerprint density at radius 1 is 0.594 bits per heavy atom. The number of halogens is 3. The van der Waals surface area contributed by atoms with Crippen LogP contribution in [0.2, 0.25) is 0 Å². The number of Topliss-reactive ketones (excluding diaryl/α,β-unsaturated/α-hetero) is 1. The van der Waals surface area contributed by atoms with E-state index in [-0.39, 0.29) is 60.3 Å². The number of fused-ring (bicyclic) bond motifs is 1. The molecule has 0 amide bonds. The van der Waals surface area contributed by atoms with Crippen LogP contribution in [0.1, 0.15) is 17.3 Å². The molecule has 6 nitrogen and oxygen atoms in total. The molecule has 8 rings (SSSR count). The molecule has 12 heteroatoms. The first-order chi connectivity index (χ1) is 30.3. The number of hydrogen-bond acceptors (Lipinski definition) is 6. The van der Waals surface area contributed by atoms with E-state index in [1.54, 1.807) is 36.4 Å². The molecular formula is C52H41EuF3O6P2. The van der Waals surface area contributed by atoms with E-state index in [2.05, 4.69) is 6.58 Å². The fourth-order valence-electron chi connectivity index (χ4n) is 6.85. The Kier molecular flexibility index (Phi) is 17.4. The molecule has 0 saturated heterocycles. The van der Waals surface area contributed by atoms with Crippen molar-refractivity contribution in [1.29, 1.82) is 0 Å². The number of benzene rings is 7. The molecule has 0 aliphatic rings. The van der Waals surface area contributed by atoms with Gasteiger partial charge in [-0.05, 0) is 30.2 Å². The Balaban J connectivity index is 0.000000181. The van der Waals surface area contributed by atoms with Gasteiger partial charge in [0.1, 0.15) is 11.3 Å². The zero-order valence-electron chi connectivity index (χ0n) is 34.3. The second-order valence-corrected chi connectivity index (χ2v) is 19.4. The molecule has 0 aliphatic carbocycles. The third kappa shape index (κ3) is 11.1. The first-order valence-corrected chi connectivity index (χ1v) is 23.0. The molecule has 1 heterocycles.